The molecule has 1 aliphatic rings. The number of phenols is 1. The molecule has 1 N–H and O–H groups in total. The van der Waals surface area contributed by atoms with Crippen LogP contribution in [0.25, 0.3) is 11.1 Å². The fourth-order valence-electron chi connectivity index (χ4n) is 4.77. The van der Waals surface area contributed by atoms with E-state index in [4.69, 9.17) is 9.47 Å². The highest BCUT2D eigenvalue weighted by atomic mass is 19.1. The van der Waals surface area contributed by atoms with Gasteiger partial charge < -0.3 is 14.6 Å². The highest BCUT2D eigenvalue weighted by Crippen LogP contribution is 2.49. The van der Waals surface area contributed by atoms with Gasteiger partial charge in [-0.25, -0.2) is 8.78 Å². The molecule has 0 aromatic heterocycles. The molecule has 40 heavy (non-hydrogen) atoms. The SMILES string of the molecule is CC(C)OC(=O)C1(C(=O)OC(C)C)Cc2c(O)c(C=O)c(-c3ccc(F)cc3)c(C#Cc3ccc(F)cc3)c2C1. The van der Waals surface area contributed by atoms with Crippen molar-refractivity contribution >= 4 is 18.2 Å². The van der Waals surface area contributed by atoms with Crippen molar-refractivity contribution in [3.05, 3.63) is 88.0 Å². The smallest absolute Gasteiger partial charge is 0.324 e. The topological polar surface area (TPSA) is 89.9 Å². The number of aromatic hydroxyl groups is 1. The maximum atomic E-state index is 13.8. The molecular formula is C32H28F2O6. The van der Waals surface area contributed by atoms with E-state index in [-0.39, 0.29) is 35.1 Å². The lowest BCUT2D eigenvalue weighted by Crippen LogP contribution is -2.44. The van der Waals surface area contributed by atoms with Crippen LogP contribution in [0.1, 0.15) is 60.3 Å². The van der Waals surface area contributed by atoms with E-state index in [9.17, 15) is 28.3 Å². The first-order valence-corrected chi connectivity index (χ1v) is 12.8. The van der Waals surface area contributed by atoms with Crippen LogP contribution in [0.5, 0.6) is 5.75 Å². The van der Waals surface area contributed by atoms with Gasteiger partial charge in [-0.2, -0.15) is 0 Å². The second-order valence-electron chi connectivity index (χ2n) is 10.2. The van der Waals surface area contributed by atoms with Gasteiger partial charge in [-0.05, 0) is 75.2 Å². The molecule has 0 amide bonds. The Bertz CT molecular complexity index is 1510. The molecule has 0 unspecified atom stereocenters. The van der Waals surface area contributed by atoms with Crippen molar-refractivity contribution in [1.29, 1.82) is 0 Å². The zero-order valence-corrected chi connectivity index (χ0v) is 22.5. The number of esters is 2. The summed E-state index contributed by atoms with van der Waals surface area (Å²) in [6.07, 6.45) is -1.11. The van der Waals surface area contributed by atoms with Crippen molar-refractivity contribution in [3.8, 4) is 28.7 Å². The number of hydrogen-bond acceptors (Lipinski definition) is 6. The van der Waals surface area contributed by atoms with Crippen LogP contribution in [0, 0.1) is 28.9 Å². The summed E-state index contributed by atoms with van der Waals surface area (Å²) in [4.78, 5) is 39.3. The maximum absolute atomic E-state index is 13.8. The third kappa shape index (κ3) is 5.46. The summed E-state index contributed by atoms with van der Waals surface area (Å²) < 4.78 is 38.2. The molecule has 3 aromatic rings. The molecule has 0 spiro atoms. The number of halogens is 2. The molecule has 0 atom stereocenters. The van der Waals surface area contributed by atoms with Gasteiger partial charge in [0.15, 0.2) is 11.7 Å². The monoisotopic (exact) mass is 546 g/mol. The molecule has 206 valence electrons. The zero-order chi connectivity index (χ0) is 29.2. The molecule has 0 aliphatic heterocycles. The second kappa shape index (κ2) is 11.3. The molecule has 8 heteroatoms. The third-order valence-corrected chi connectivity index (χ3v) is 6.58. The Morgan fingerprint density at radius 1 is 0.850 bits per heavy atom. The normalized spacial score (nSPS) is 13.4. The number of rotatable bonds is 6. The first kappa shape index (κ1) is 28.5. The van der Waals surface area contributed by atoms with Gasteiger partial charge in [0.1, 0.15) is 17.4 Å². The van der Waals surface area contributed by atoms with Crippen molar-refractivity contribution in [2.24, 2.45) is 5.41 Å². The quantitative estimate of drug-likeness (QED) is 0.189. The minimum Gasteiger partial charge on any atom is -0.507 e. The van der Waals surface area contributed by atoms with Crippen LogP contribution in [0.3, 0.4) is 0 Å². The Balaban J connectivity index is 2.01. The zero-order valence-electron chi connectivity index (χ0n) is 22.5. The molecule has 0 heterocycles. The van der Waals surface area contributed by atoms with Gasteiger partial charge in [-0.3, -0.25) is 14.4 Å². The first-order chi connectivity index (χ1) is 19.0. The lowest BCUT2D eigenvalue weighted by molar-refractivity contribution is -0.176. The Labute approximate surface area is 230 Å². The van der Waals surface area contributed by atoms with Crippen molar-refractivity contribution in [2.45, 2.75) is 52.7 Å². The maximum Gasteiger partial charge on any atom is 0.324 e. The van der Waals surface area contributed by atoms with E-state index in [0.29, 0.717) is 23.0 Å². The fraction of sp³-hybridized carbons (Fsp3) is 0.281. The number of phenolic OH excluding ortho intramolecular Hbond substituents is 1. The molecule has 6 nitrogen and oxygen atoms in total. The second-order valence-corrected chi connectivity index (χ2v) is 10.2. The van der Waals surface area contributed by atoms with Crippen LogP contribution >= 0.6 is 0 Å². The van der Waals surface area contributed by atoms with E-state index in [1.54, 1.807) is 27.7 Å². The Morgan fingerprint density at radius 3 is 1.85 bits per heavy atom. The van der Waals surface area contributed by atoms with Gasteiger partial charge in [-0.1, -0.05) is 24.0 Å². The van der Waals surface area contributed by atoms with Crippen molar-refractivity contribution < 1.29 is 37.7 Å². The molecule has 1 aliphatic carbocycles. The third-order valence-electron chi connectivity index (χ3n) is 6.58. The van der Waals surface area contributed by atoms with Crippen molar-refractivity contribution in [1.82, 2.24) is 0 Å². The van der Waals surface area contributed by atoms with E-state index in [1.807, 2.05) is 0 Å². The average molecular weight is 547 g/mol. The molecule has 0 fully saturated rings. The van der Waals surface area contributed by atoms with Crippen LogP contribution in [0.2, 0.25) is 0 Å². The lowest BCUT2D eigenvalue weighted by atomic mass is 9.84. The number of benzene rings is 3. The van der Waals surface area contributed by atoms with E-state index in [2.05, 4.69) is 11.8 Å². The van der Waals surface area contributed by atoms with Crippen LogP contribution in [0.15, 0.2) is 48.5 Å². The van der Waals surface area contributed by atoms with Crippen LogP contribution in [0.4, 0.5) is 8.78 Å². The van der Waals surface area contributed by atoms with E-state index in [1.165, 1.54) is 48.5 Å². The molecule has 0 saturated heterocycles. The molecule has 0 bridgehead atoms. The molecule has 4 rings (SSSR count). The summed E-state index contributed by atoms with van der Waals surface area (Å²) in [5.41, 5.74) is -0.0770. The largest absolute Gasteiger partial charge is 0.507 e. The highest BCUT2D eigenvalue weighted by molar-refractivity contribution is 6.03. The molecule has 3 aromatic carbocycles. The number of ether oxygens (including phenoxy) is 2. The van der Waals surface area contributed by atoms with Gasteiger partial charge in [0.2, 0.25) is 0 Å². The van der Waals surface area contributed by atoms with Crippen molar-refractivity contribution in [2.75, 3.05) is 0 Å². The van der Waals surface area contributed by atoms with Gasteiger partial charge in [0.25, 0.3) is 0 Å². The Hall–Kier alpha value is -4.51. The van der Waals surface area contributed by atoms with Gasteiger partial charge in [0.05, 0.1) is 17.8 Å². The summed E-state index contributed by atoms with van der Waals surface area (Å²) in [6, 6.07) is 10.7. The van der Waals surface area contributed by atoms with Crippen LogP contribution < -0.4 is 0 Å². The van der Waals surface area contributed by atoms with Gasteiger partial charge >= 0.3 is 11.9 Å². The van der Waals surface area contributed by atoms with E-state index >= 15 is 0 Å². The molecular weight excluding hydrogens is 518 g/mol. The summed E-state index contributed by atoms with van der Waals surface area (Å²) in [5.74, 6) is 2.96. The van der Waals surface area contributed by atoms with Gasteiger partial charge in [-0.15, -0.1) is 0 Å². The summed E-state index contributed by atoms with van der Waals surface area (Å²) >= 11 is 0. The van der Waals surface area contributed by atoms with Crippen molar-refractivity contribution in [3.63, 3.8) is 0 Å². The number of fused-ring (bicyclic) bond motifs is 1. The predicted molar refractivity (Wildman–Crippen MR) is 144 cm³/mol. The fourth-order valence-corrected chi connectivity index (χ4v) is 4.77. The number of carbonyl (C=O) groups is 3. The summed E-state index contributed by atoms with van der Waals surface area (Å²) in [6.45, 7) is 6.59. The Morgan fingerprint density at radius 2 is 1.35 bits per heavy atom. The Kier molecular flexibility index (Phi) is 8.06. The standard InChI is InChI=1S/C32H28F2O6/c1-18(2)39-30(37)32(31(38)40-19(3)4)15-25-24(14-7-20-5-10-22(33)11-6-20)28(21-8-12-23(34)13-9-21)27(17-35)29(36)26(25)16-32/h5-6,8-13,17-19,36H,15-16H2,1-4H3. The minimum absolute atomic E-state index is 0.126. The number of hydrogen-bond donors (Lipinski definition) is 1. The van der Waals surface area contributed by atoms with E-state index in [0.717, 1.165) is 0 Å². The average Bonchev–Trinajstić information content (AvgIpc) is 3.32. The van der Waals surface area contributed by atoms with Crippen LogP contribution in [-0.2, 0) is 31.9 Å². The highest BCUT2D eigenvalue weighted by Gasteiger charge is 2.55. The lowest BCUT2D eigenvalue weighted by Gasteiger charge is -2.26. The molecule has 0 radical (unpaired) electrons. The number of carbonyl (C=O) groups excluding carboxylic acids is 3. The predicted octanol–water partition coefficient (Wildman–Crippen LogP) is 5.54. The summed E-state index contributed by atoms with van der Waals surface area (Å²) in [7, 11) is 0. The van der Waals surface area contributed by atoms with Crippen LogP contribution in [-0.4, -0.2) is 35.5 Å². The van der Waals surface area contributed by atoms with E-state index < -0.39 is 46.9 Å². The molecule has 0 saturated carbocycles. The minimum atomic E-state index is -1.83. The summed E-state index contributed by atoms with van der Waals surface area (Å²) in [5, 5.41) is 11.3. The van der Waals surface area contributed by atoms with Gasteiger partial charge in [0, 0.05) is 35.1 Å². The first-order valence-electron chi connectivity index (χ1n) is 12.8. The number of aldehydes is 1.